The van der Waals surface area contributed by atoms with E-state index in [1.54, 1.807) is 47.8 Å². The molecule has 0 N–H and O–H groups in total. The second kappa shape index (κ2) is 59.2. The molecule has 0 saturated carbocycles. The Bertz CT molecular complexity index is 4770. The van der Waals surface area contributed by atoms with Crippen LogP contribution >= 0.6 is 0 Å². The molecule has 28 heteroatoms. The van der Waals surface area contributed by atoms with E-state index in [-0.39, 0.29) is 130 Å². The molecule has 8 aliphatic rings. The van der Waals surface area contributed by atoms with E-state index in [4.69, 9.17) is 56.8 Å². The average molecular weight is 1870 g/mol. The Morgan fingerprint density at radius 2 is 0.597 bits per heavy atom. The van der Waals surface area contributed by atoms with Gasteiger partial charge in [0.1, 0.15) is 55.2 Å². The van der Waals surface area contributed by atoms with Crippen molar-refractivity contribution in [2.24, 2.45) is 0 Å². The highest BCUT2D eigenvalue weighted by molar-refractivity contribution is 6.02. The number of rotatable bonds is 31. The number of morpholine rings is 1. The molecule has 1 fully saturated rings. The molecule has 0 spiro atoms. The van der Waals surface area contributed by atoms with Gasteiger partial charge in [0.05, 0.1) is 79.2 Å². The van der Waals surface area contributed by atoms with Crippen LogP contribution in [0.15, 0.2) is 128 Å². The van der Waals surface area contributed by atoms with Gasteiger partial charge in [-0.1, -0.05) is 88.4 Å². The molecule has 15 rings (SSSR count). The molecular weight excluding hydrogens is 1700 g/mol. The van der Waals surface area contributed by atoms with Gasteiger partial charge in [-0.05, 0) is 222 Å². The molecule has 746 valence electrons. The van der Waals surface area contributed by atoms with Crippen molar-refractivity contribution in [1.29, 1.82) is 0 Å². The number of pyridine rings is 1. The molecule has 0 bridgehead atoms. The number of nitrogens with zero attached hydrogens (tertiary/aromatic N) is 9. The first kappa shape index (κ1) is 119. The molecule has 0 unspecified atom stereocenters. The van der Waals surface area contributed by atoms with E-state index >= 15 is 0 Å². The van der Waals surface area contributed by atoms with E-state index in [0.717, 1.165) is 154 Å². The number of carbonyl (C=O) groups is 7. The first-order valence-corrected chi connectivity index (χ1v) is 44.4. The highest BCUT2D eigenvalue weighted by atomic mass is 16.6. The van der Waals surface area contributed by atoms with Crippen molar-refractivity contribution in [1.82, 2.24) is 44.2 Å². The standard InChI is InChI=1S/C17H24N2O3.2C16H23NO4.C14H19NO3.C13H17NO2.C12H15NO.C11H14N2O2.7CH4/c1-13(2)19-12-14-11-15(3-4-16(14)17(19)20)22-10-7-18-5-8-21-9-6-18;1-12(2)17-11-13-10-14(4-5-15(13)16(17)18)21-9-8-20-7-6-19-3;1-12(2)17-11-13-4-5-14(10-15(13)16(17)18)21-9-8-20-7-6-19-3;1-10(2)15-9-11-4-5-12(18-7-6-17-3)8-13(11)14(15)16;1-9(2)14-7-6-10-4-5-11(16-3)8-12(10)13(14)15;1-9(2)13-8-7-10-5-3-4-6-11(10)12(13)14;1-7(2)13-6-8-5-12-10(15-3)4-9(8)11(13)14;;;;;;;/h3-4,11,13H,5-10,12H2,1-2H3;2*4-5,10,12H,6-9,11H2,1-3H3;4-5,8,10H,6-7,9H2,1-3H3;4-5,8-9H,6-7H2,1-3H3;3-6,9H,7-8H2,1-2H3;4-5,7H,6H2,1-3H3;7*1H4. The predicted molar refractivity (Wildman–Crippen MR) is 534 cm³/mol. The Labute approximate surface area is 802 Å². The zero-order valence-electron chi connectivity index (χ0n) is 78.1. The molecule has 1 saturated heterocycles. The van der Waals surface area contributed by atoms with Crippen LogP contribution in [0.1, 0.15) is 260 Å². The third kappa shape index (κ3) is 32.8. The fraction of sp³-hybridized carbons (Fsp3) is 0.547. The Hall–Kier alpha value is -10.7. The number of aromatic nitrogens is 1. The van der Waals surface area contributed by atoms with Crippen LogP contribution in [0, 0.1) is 0 Å². The van der Waals surface area contributed by atoms with Crippen LogP contribution < -0.4 is 28.4 Å². The van der Waals surface area contributed by atoms with E-state index in [9.17, 15) is 33.6 Å². The maximum Gasteiger partial charge on any atom is 0.254 e. The van der Waals surface area contributed by atoms with Gasteiger partial charge in [-0.3, -0.25) is 38.5 Å². The SMILES string of the molecule is C.C.C.C.C.C.C.CC(C)N1CCc2ccccc2C1=O.CC(C)N1Cc2cc(OCCN3CCOCC3)ccc2C1=O.COCCOCCOc1ccc2c(c1)C(=O)N(C(C)C)C2.COCCOCCOc1ccc2c(c1)CN(C(C)C)C2=O.COCCOc1ccc2c(c1)C(=O)N(C(C)C)C2.COc1cc2c(cn1)CN(C(C)C)C2=O.COc1ccc2c(c1)C(=O)N(C(C)C)CC2. The fourth-order valence-electron chi connectivity index (χ4n) is 15.3. The predicted octanol–water partition coefficient (Wildman–Crippen LogP) is 18.1. The monoisotopic (exact) mass is 1870 g/mol. The van der Waals surface area contributed by atoms with Gasteiger partial charge in [0.25, 0.3) is 41.4 Å². The Kier molecular flexibility index (Phi) is 52.7. The normalized spacial score (nSPS) is 14.5. The first-order valence-electron chi connectivity index (χ1n) is 44.4. The van der Waals surface area contributed by atoms with Gasteiger partial charge in [0.15, 0.2) is 0 Å². The summed E-state index contributed by atoms with van der Waals surface area (Å²) in [6, 6.07) is 39.9. The van der Waals surface area contributed by atoms with E-state index in [1.807, 2.05) is 233 Å². The molecule has 8 aliphatic heterocycles. The van der Waals surface area contributed by atoms with Gasteiger partial charge >= 0.3 is 0 Å². The fourth-order valence-corrected chi connectivity index (χ4v) is 15.3. The van der Waals surface area contributed by atoms with Gasteiger partial charge in [-0.2, -0.15) is 0 Å². The van der Waals surface area contributed by atoms with Crippen LogP contribution in [-0.2, 0) is 74.0 Å². The first-order chi connectivity index (χ1) is 61.0. The molecular formula is C106H163N9O19. The van der Waals surface area contributed by atoms with Gasteiger partial charge < -0.3 is 91.1 Å². The van der Waals surface area contributed by atoms with Crippen LogP contribution in [0.2, 0.25) is 0 Å². The quantitative estimate of drug-likeness (QED) is 0.0365. The van der Waals surface area contributed by atoms with Crippen molar-refractivity contribution in [3.05, 3.63) is 205 Å². The Morgan fingerprint density at radius 1 is 0.291 bits per heavy atom. The molecule has 0 atom stereocenters. The summed E-state index contributed by atoms with van der Waals surface area (Å²) < 4.78 is 63.5. The van der Waals surface area contributed by atoms with Gasteiger partial charge in [-0.15, -0.1) is 0 Å². The highest BCUT2D eigenvalue weighted by Gasteiger charge is 2.36. The number of methoxy groups -OCH3 is 5. The molecule has 28 nitrogen and oxygen atoms in total. The zero-order chi connectivity index (χ0) is 92.0. The van der Waals surface area contributed by atoms with Crippen LogP contribution in [0.25, 0.3) is 0 Å². The summed E-state index contributed by atoms with van der Waals surface area (Å²) in [5, 5.41) is 0. The topological polar surface area (TPSA) is 269 Å². The lowest BCUT2D eigenvalue weighted by Gasteiger charge is -2.31. The highest BCUT2D eigenvalue weighted by Crippen LogP contribution is 2.34. The smallest absolute Gasteiger partial charge is 0.254 e. The van der Waals surface area contributed by atoms with Crippen molar-refractivity contribution in [3.8, 4) is 34.6 Å². The summed E-state index contributed by atoms with van der Waals surface area (Å²) in [7, 11) is 8.09. The third-order valence-electron chi connectivity index (χ3n) is 22.8. The maximum absolute atomic E-state index is 12.3. The number of amides is 7. The van der Waals surface area contributed by atoms with E-state index in [2.05, 4.69) is 23.7 Å². The molecule has 7 amide bonds. The summed E-state index contributed by atoms with van der Waals surface area (Å²) in [5.74, 6) is 5.10. The number of hydrogen-bond donors (Lipinski definition) is 0. The summed E-state index contributed by atoms with van der Waals surface area (Å²) in [6.45, 7) is 44.0. The van der Waals surface area contributed by atoms with Crippen LogP contribution in [-0.4, -0.2) is 282 Å². The molecule has 0 aliphatic carbocycles. The average Bonchev–Trinajstić information content (AvgIpc) is 1.76. The molecule has 6 aromatic carbocycles. The third-order valence-corrected chi connectivity index (χ3v) is 22.8. The number of ether oxygens (including phenoxy) is 12. The van der Waals surface area contributed by atoms with Crippen molar-refractivity contribution >= 4 is 41.4 Å². The molecule has 7 aromatic rings. The van der Waals surface area contributed by atoms with E-state index < -0.39 is 0 Å². The minimum absolute atomic E-state index is 0. The lowest BCUT2D eigenvalue weighted by molar-refractivity contribution is 0.0322. The Balaban J connectivity index is 0.000000527. The number of hydrogen-bond acceptors (Lipinski definition) is 21. The van der Waals surface area contributed by atoms with Crippen molar-refractivity contribution < 1.29 is 90.4 Å². The molecule has 1 aromatic heterocycles. The minimum atomic E-state index is 0. The minimum Gasteiger partial charge on any atom is -0.497 e. The van der Waals surface area contributed by atoms with E-state index in [0.29, 0.717) is 123 Å². The van der Waals surface area contributed by atoms with Crippen molar-refractivity contribution in [2.75, 3.05) is 154 Å². The second-order valence-electron chi connectivity index (χ2n) is 33.7. The van der Waals surface area contributed by atoms with Gasteiger partial charge in [0, 0.05) is 180 Å². The number of fused-ring (bicyclic) bond motifs is 7. The van der Waals surface area contributed by atoms with Crippen LogP contribution in [0.4, 0.5) is 0 Å². The Morgan fingerprint density at radius 3 is 1.01 bits per heavy atom. The van der Waals surface area contributed by atoms with Crippen molar-refractivity contribution in [2.45, 2.75) is 237 Å². The maximum atomic E-state index is 12.3. The molecule has 134 heavy (non-hydrogen) atoms. The summed E-state index contributed by atoms with van der Waals surface area (Å²) in [5.41, 5.74) is 13.1. The number of carbonyl (C=O) groups excluding carboxylic acids is 7. The van der Waals surface area contributed by atoms with Crippen molar-refractivity contribution in [3.63, 3.8) is 0 Å². The zero-order valence-corrected chi connectivity index (χ0v) is 78.1. The van der Waals surface area contributed by atoms with Gasteiger partial charge in [0.2, 0.25) is 5.88 Å². The summed E-state index contributed by atoms with van der Waals surface area (Å²) in [6.07, 6.45) is 3.64. The molecule has 9 heterocycles. The summed E-state index contributed by atoms with van der Waals surface area (Å²) in [4.78, 5) is 105. The lowest BCUT2D eigenvalue weighted by atomic mass is 9.98. The van der Waals surface area contributed by atoms with E-state index in [1.165, 1.54) is 5.56 Å². The van der Waals surface area contributed by atoms with Crippen LogP contribution in [0.5, 0.6) is 34.6 Å². The summed E-state index contributed by atoms with van der Waals surface area (Å²) >= 11 is 0. The second-order valence-corrected chi connectivity index (χ2v) is 33.7. The largest absolute Gasteiger partial charge is 0.497 e. The lowest BCUT2D eigenvalue weighted by Crippen LogP contribution is -2.42. The number of benzene rings is 6. The van der Waals surface area contributed by atoms with Gasteiger partial charge in [-0.25, -0.2) is 4.98 Å². The van der Waals surface area contributed by atoms with Crippen LogP contribution in [0.3, 0.4) is 0 Å². The molecule has 0 radical (unpaired) electrons.